The van der Waals surface area contributed by atoms with E-state index in [4.69, 9.17) is 5.73 Å². The Hall–Kier alpha value is -1.96. The van der Waals surface area contributed by atoms with Gasteiger partial charge in [-0.2, -0.15) is 0 Å². The lowest BCUT2D eigenvalue weighted by Gasteiger charge is -2.10. The van der Waals surface area contributed by atoms with Crippen LogP contribution in [0.4, 0.5) is 5.69 Å². The molecular weight excluding hydrogens is 228 g/mol. The van der Waals surface area contributed by atoms with Crippen LogP contribution in [0.5, 0.6) is 0 Å². The van der Waals surface area contributed by atoms with E-state index in [1.807, 2.05) is 0 Å². The summed E-state index contributed by atoms with van der Waals surface area (Å²) in [6.07, 6.45) is 0.925. The molecule has 2 N–H and O–H groups in total. The SMILES string of the molecule is CC(CN)Cn1c(=O)c([N+](=O)[O-])cn(C)c1=O. The zero-order valence-corrected chi connectivity index (χ0v) is 9.62. The van der Waals surface area contributed by atoms with Crippen LogP contribution < -0.4 is 17.0 Å². The van der Waals surface area contributed by atoms with Crippen LogP contribution in [0.3, 0.4) is 0 Å². The number of nitrogens with two attached hydrogens (primary N) is 1. The van der Waals surface area contributed by atoms with Gasteiger partial charge in [0.05, 0.1) is 11.1 Å². The highest BCUT2D eigenvalue weighted by molar-refractivity contribution is 5.21. The van der Waals surface area contributed by atoms with E-state index in [-0.39, 0.29) is 19.0 Å². The van der Waals surface area contributed by atoms with E-state index in [2.05, 4.69) is 0 Å². The molecule has 1 heterocycles. The van der Waals surface area contributed by atoms with Crippen molar-refractivity contribution in [2.45, 2.75) is 13.5 Å². The molecule has 0 bridgehead atoms. The fourth-order valence-electron chi connectivity index (χ4n) is 1.38. The zero-order valence-electron chi connectivity index (χ0n) is 9.62. The van der Waals surface area contributed by atoms with Crippen LogP contribution in [0.2, 0.25) is 0 Å². The average molecular weight is 242 g/mol. The molecule has 0 saturated carbocycles. The Balaban J connectivity index is 3.43. The Bertz CT molecular complexity index is 545. The maximum Gasteiger partial charge on any atom is 0.350 e. The van der Waals surface area contributed by atoms with Gasteiger partial charge in [0, 0.05) is 13.6 Å². The minimum Gasteiger partial charge on any atom is -0.330 e. The highest BCUT2D eigenvalue weighted by Gasteiger charge is 2.19. The van der Waals surface area contributed by atoms with Crippen LogP contribution in [0.1, 0.15) is 6.92 Å². The number of aryl methyl sites for hydroxylation is 1. The molecule has 0 aromatic carbocycles. The lowest BCUT2D eigenvalue weighted by Crippen LogP contribution is -2.41. The van der Waals surface area contributed by atoms with Crippen LogP contribution in [-0.2, 0) is 13.6 Å². The maximum absolute atomic E-state index is 11.7. The van der Waals surface area contributed by atoms with E-state index in [0.29, 0.717) is 0 Å². The third-order valence-corrected chi connectivity index (χ3v) is 2.41. The molecule has 0 aliphatic rings. The van der Waals surface area contributed by atoms with E-state index in [9.17, 15) is 19.7 Å². The normalized spacial score (nSPS) is 12.4. The summed E-state index contributed by atoms with van der Waals surface area (Å²) in [5.41, 5.74) is 3.31. The van der Waals surface area contributed by atoms with Crippen molar-refractivity contribution in [3.8, 4) is 0 Å². The van der Waals surface area contributed by atoms with Crippen molar-refractivity contribution in [1.29, 1.82) is 0 Å². The van der Waals surface area contributed by atoms with Gasteiger partial charge in [-0.15, -0.1) is 0 Å². The Kier molecular flexibility index (Phi) is 3.79. The number of nitrogens with zero attached hydrogens (tertiary/aromatic N) is 3. The topological polar surface area (TPSA) is 113 Å². The molecule has 0 spiro atoms. The van der Waals surface area contributed by atoms with Gasteiger partial charge < -0.3 is 5.73 Å². The van der Waals surface area contributed by atoms with Gasteiger partial charge in [0.1, 0.15) is 0 Å². The smallest absolute Gasteiger partial charge is 0.330 e. The Labute approximate surface area is 96.4 Å². The second-order valence-electron chi connectivity index (χ2n) is 3.92. The van der Waals surface area contributed by atoms with Gasteiger partial charge in [-0.1, -0.05) is 6.92 Å². The number of hydrogen-bond donors (Lipinski definition) is 1. The van der Waals surface area contributed by atoms with Gasteiger partial charge in [-0.25, -0.2) is 4.79 Å². The summed E-state index contributed by atoms with van der Waals surface area (Å²) in [7, 11) is 1.36. The number of nitro groups is 1. The van der Waals surface area contributed by atoms with Gasteiger partial charge in [-0.05, 0) is 12.5 Å². The standard InChI is InChI=1S/C9H14N4O4/c1-6(3-10)4-12-8(14)7(13(16)17)5-11(2)9(12)15/h5-6H,3-4,10H2,1-2H3. The predicted octanol–water partition coefficient (Wildman–Crippen LogP) is -0.950. The number of aromatic nitrogens is 2. The monoisotopic (exact) mass is 242 g/mol. The van der Waals surface area contributed by atoms with Crippen LogP contribution >= 0.6 is 0 Å². The third-order valence-electron chi connectivity index (χ3n) is 2.41. The van der Waals surface area contributed by atoms with E-state index in [1.165, 1.54) is 7.05 Å². The Morgan fingerprint density at radius 3 is 2.59 bits per heavy atom. The first-order chi connectivity index (χ1) is 7.88. The van der Waals surface area contributed by atoms with Crippen molar-refractivity contribution >= 4 is 5.69 Å². The molecule has 17 heavy (non-hydrogen) atoms. The second-order valence-corrected chi connectivity index (χ2v) is 3.92. The molecule has 94 valence electrons. The average Bonchev–Trinajstić information content (AvgIpc) is 2.28. The van der Waals surface area contributed by atoms with Crippen LogP contribution in [0, 0.1) is 16.0 Å². The summed E-state index contributed by atoms with van der Waals surface area (Å²) in [4.78, 5) is 33.2. The molecular formula is C9H14N4O4. The van der Waals surface area contributed by atoms with E-state index in [1.54, 1.807) is 6.92 Å². The van der Waals surface area contributed by atoms with Crippen molar-refractivity contribution in [3.05, 3.63) is 37.1 Å². The molecule has 0 aliphatic carbocycles. The third kappa shape index (κ3) is 2.59. The molecule has 8 nitrogen and oxygen atoms in total. The fraction of sp³-hybridized carbons (Fsp3) is 0.556. The molecule has 8 heteroatoms. The van der Waals surface area contributed by atoms with Gasteiger partial charge in [0.25, 0.3) is 0 Å². The van der Waals surface area contributed by atoms with Crippen molar-refractivity contribution in [1.82, 2.24) is 9.13 Å². The highest BCUT2D eigenvalue weighted by atomic mass is 16.6. The van der Waals surface area contributed by atoms with Crippen molar-refractivity contribution in [2.75, 3.05) is 6.54 Å². The molecule has 1 aromatic rings. The molecule has 0 radical (unpaired) electrons. The lowest BCUT2D eigenvalue weighted by molar-refractivity contribution is -0.387. The van der Waals surface area contributed by atoms with Crippen LogP contribution in [0.15, 0.2) is 15.8 Å². The molecule has 1 unspecified atom stereocenters. The van der Waals surface area contributed by atoms with Gasteiger partial charge >= 0.3 is 16.9 Å². The summed E-state index contributed by atoms with van der Waals surface area (Å²) in [5.74, 6) is -0.109. The van der Waals surface area contributed by atoms with E-state index >= 15 is 0 Å². The second kappa shape index (κ2) is 4.91. The van der Waals surface area contributed by atoms with E-state index < -0.39 is 21.9 Å². The molecule has 1 aromatic heterocycles. The molecule has 0 amide bonds. The number of hydrogen-bond acceptors (Lipinski definition) is 5. The minimum absolute atomic E-state index is 0.0731. The summed E-state index contributed by atoms with van der Waals surface area (Å²) in [6, 6.07) is 0. The molecule has 1 atom stereocenters. The zero-order chi connectivity index (χ0) is 13.2. The van der Waals surface area contributed by atoms with Crippen molar-refractivity contribution in [3.63, 3.8) is 0 Å². The quantitative estimate of drug-likeness (QED) is 0.540. The first kappa shape index (κ1) is 13.1. The van der Waals surface area contributed by atoms with Gasteiger partial charge in [-0.3, -0.25) is 24.0 Å². The minimum atomic E-state index is -0.890. The van der Waals surface area contributed by atoms with Crippen molar-refractivity contribution < 1.29 is 4.92 Å². The summed E-state index contributed by atoms with van der Waals surface area (Å²) >= 11 is 0. The first-order valence-corrected chi connectivity index (χ1v) is 5.03. The Morgan fingerprint density at radius 2 is 2.12 bits per heavy atom. The maximum atomic E-state index is 11.7. The summed E-state index contributed by atoms with van der Waals surface area (Å²) in [5, 5.41) is 10.6. The van der Waals surface area contributed by atoms with Crippen LogP contribution in [-0.4, -0.2) is 20.6 Å². The first-order valence-electron chi connectivity index (χ1n) is 5.03. The largest absolute Gasteiger partial charge is 0.350 e. The van der Waals surface area contributed by atoms with Gasteiger partial charge in [0.15, 0.2) is 0 Å². The number of rotatable bonds is 4. The summed E-state index contributed by atoms with van der Waals surface area (Å²) < 4.78 is 1.86. The Morgan fingerprint density at radius 1 is 1.53 bits per heavy atom. The van der Waals surface area contributed by atoms with Crippen molar-refractivity contribution in [2.24, 2.45) is 18.7 Å². The lowest BCUT2D eigenvalue weighted by atomic mass is 10.2. The fourth-order valence-corrected chi connectivity index (χ4v) is 1.38. The predicted molar refractivity (Wildman–Crippen MR) is 60.8 cm³/mol. The van der Waals surface area contributed by atoms with Gasteiger partial charge in [0.2, 0.25) is 0 Å². The van der Waals surface area contributed by atoms with Crippen LogP contribution in [0.25, 0.3) is 0 Å². The molecule has 1 rings (SSSR count). The molecule has 0 saturated heterocycles. The highest BCUT2D eigenvalue weighted by Crippen LogP contribution is 2.01. The summed E-state index contributed by atoms with van der Waals surface area (Å²) in [6.45, 7) is 2.12. The van der Waals surface area contributed by atoms with E-state index in [0.717, 1.165) is 15.3 Å². The molecule has 0 fully saturated rings. The molecule has 0 aliphatic heterocycles.